The minimum atomic E-state index is -1.07. The minimum Gasteiger partial charge on any atom is -0.386 e. The maximum Gasteiger partial charge on any atom is 0.244 e. The Hall–Kier alpha value is -2.46. The molecule has 0 aliphatic rings. The Morgan fingerprint density at radius 2 is 1.82 bits per heavy atom. The molecule has 1 unspecified atom stereocenters. The van der Waals surface area contributed by atoms with Crippen molar-refractivity contribution in [3.63, 3.8) is 0 Å². The van der Waals surface area contributed by atoms with E-state index in [0.717, 1.165) is 11.1 Å². The number of allylic oxidation sites excluding steroid dienone is 1. The van der Waals surface area contributed by atoms with Gasteiger partial charge in [-0.3, -0.25) is 4.79 Å². The topological polar surface area (TPSA) is 49.3 Å². The number of aliphatic hydroxyl groups excluding tert-OH is 1. The molecule has 1 amide bonds. The molecule has 0 aromatic heterocycles. The third-order valence-corrected chi connectivity index (χ3v) is 3.31. The second-order valence-corrected chi connectivity index (χ2v) is 4.98. The maximum absolute atomic E-state index is 13.5. The first-order chi connectivity index (χ1) is 10.6. The Morgan fingerprint density at radius 3 is 2.50 bits per heavy atom. The summed E-state index contributed by atoms with van der Waals surface area (Å²) in [7, 11) is 0. The van der Waals surface area contributed by atoms with Gasteiger partial charge in [-0.25, -0.2) is 4.39 Å². The summed E-state index contributed by atoms with van der Waals surface area (Å²) in [5, 5.41) is 12.5. The van der Waals surface area contributed by atoms with E-state index in [2.05, 4.69) is 5.32 Å². The van der Waals surface area contributed by atoms with Crippen LogP contribution in [0.25, 0.3) is 5.57 Å². The Morgan fingerprint density at radius 1 is 1.18 bits per heavy atom. The number of carbonyl (C=O) groups excluding carboxylic acids is 1. The molecule has 3 nitrogen and oxygen atoms in total. The first-order valence-corrected chi connectivity index (χ1v) is 7.02. The fourth-order valence-electron chi connectivity index (χ4n) is 2.08. The Kier molecular flexibility index (Phi) is 5.44. The van der Waals surface area contributed by atoms with Crippen molar-refractivity contribution in [1.82, 2.24) is 5.32 Å². The fourth-order valence-corrected chi connectivity index (χ4v) is 2.08. The highest BCUT2D eigenvalue weighted by Gasteiger charge is 2.12. The van der Waals surface area contributed by atoms with Crippen molar-refractivity contribution in [2.75, 3.05) is 6.54 Å². The van der Waals surface area contributed by atoms with Crippen LogP contribution < -0.4 is 5.32 Å². The number of hydrogen-bond acceptors (Lipinski definition) is 2. The number of aliphatic hydroxyl groups is 1. The first kappa shape index (κ1) is 15.9. The number of rotatable bonds is 5. The minimum absolute atomic E-state index is 0.0433. The summed E-state index contributed by atoms with van der Waals surface area (Å²) in [5.74, 6) is -0.808. The van der Waals surface area contributed by atoms with Gasteiger partial charge in [0, 0.05) is 18.2 Å². The second-order valence-electron chi connectivity index (χ2n) is 4.98. The summed E-state index contributed by atoms with van der Waals surface area (Å²) < 4.78 is 13.5. The molecule has 0 heterocycles. The van der Waals surface area contributed by atoms with Gasteiger partial charge in [-0.15, -0.1) is 0 Å². The number of nitrogens with one attached hydrogen (secondary N) is 1. The summed E-state index contributed by atoms with van der Waals surface area (Å²) >= 11 is 0. The fraction of sp³-hybridized carbons (Fsp3) is 0.167. The van der Waals surface area contributed by atoms with Gasteiger partial charge in [0.2, 0.25) is 5.91 Å². The van der Waals surface area contributed by atoms with E-state index in [1.807, 2.05) is 37.3 Å². The third kappa shape index (κ3) is 4.27. The van der Waals surface area contributed by atoms with E-state index in [0.29, 0.717) is 0 Å². The molecule has 0 aliphatic heterocycles. The predicted octanol–water partition coefficient (Wildman–Crippen LogP) is 3.08. The van der Waals surface area contributed by atoms with Gasteiger partial charge in [-0.1, -0.05) is 48.5 Å². The van der Waals surface area contributed by atoms with Gasteiger partial charge in [0.1, 0.15) is 5.82 Å². The molecule has 22 heavy (non-hydrogen) atoms. The van der Waals surface area contributed by atoms with Gasteiger partial charge in [0.05, 0.1) is 6.10 Å². The normalized spacial score (nSPS) is 12.8. The molecule has 0 aliphatic carbocycles. The summed E-state index contributed by atoms with van der Waals surface area (Å²) in [6, 6.07) is 15.5. The van der Waals surface area contributed by atoms with Crippen LogP contribution in [0.1, 0.15) is 24.2 Å². The van der Waals surface area contributed by atoms with E-state index in [4.69, 9.17) is 0 Å². The number of amides is 1. The van der Waals surface area contributed by atoms with Crippen LogP contribution in [-0.4, -0.2) is 17.6 Å². The predicted molar refractivity (Wildman–Crippen MR) is 84.5 cm³/mol. The van der Waals surface area contributed by atoms with E-state index in [1.165, 1.54) is 18.2 Å². The molecule has 4 heteroatoms. The molecule has 114 valence electrons. The Labute approximate surface area is 129 Å². The lowest BCUT2D eigenvalue weighted by molar-refractivity contribution is -0.116. The zero-order valence-electron chi connectivity index (χ0n) is 12.3. The van der Waals surface area contributed by atoms with Gasteiger partial charge in [-0.05, 0) is 24.1 Å². The second kappa shape index (κ2) is 7.52. The molecule has 0 fully saturated rings. The van der Waals surface area contributed by atoms with Crippen LogP contribution in [0.2, 0.25) is 0 Å². The Balaban J connectivity index is 1.94. The lowest BCUT2D eigenvalue weighted by Gasteiger charge is -2.12. The lowest BCUT2D eigenvalue weighted by atomic mass is 10.1. The summed E-state index contributed by atoms with van der Waals surface area (Å²) in [4.78, 5) is 11.9. The molecule has 0 saturated heterocycles. The molecule has 2 aromatic carbocycles. The van der Waals surface area contributed by atoms with Crippen molar-refractivity contribution >= 4 is 11.5 Å². The lowest BCUT2D eigenvalue weighted by Crippen LogP contribution is -2.27. The van der Waals surface area contributed by atoms with Gasteiger partial charge in [-0.2, -0.15) is 0 Å². The summed E-state index contributed by atoms with van der Waals surface area (Å²) in [5.41, 5.74) is 1.94. The SMILES string of the molecule is CC(=CC(=O)NCC(O)c1ccccc1F)c1ccccc1. The standard InChI is InChI=1S/C18H18FNO2/c1-13(14-7-3-2-4-8-14)11-18(22)20-12-17(21)15-9-5-6-10-16(15)19/h2-11,17,21H,12H2,1H3,(H,20,22). The van der Waals surface area contributed by atoms with Crippen LogP contribution >= 0.6 is 0 Å². The molecular formula is C18H18FNO2. The van der Waals surface area contributed by atoms with Crippen molar-refractivity contribution in [2.24, 2.45) is 0 Å². The Bertz CT molecular complexity index is 668. The number of benzene rings is 2. The van der Waals surface area contributed by atoms with Crippen LogP contribution in [0.4, 0.5) is 4.39 Å². The number of hydrogen-bond donors (Lipinski definition) is 2. The van der Waals surface area contributed by atoms with Gasteiger partial charge < -0.3 is 10.4 Å². The molecule has 1 atom stereocenters. The van der Waals surface area contributed by atoms with Crippen LogP contribution in [0.15, 0.2) is 60.7 Å². The number of halogens is 1. The van der Waals surface area contributed by atoms with E-state index >= 15 is 0 Å². The summed E-state index contributed by atoms with van der Waals surface area (Å²) in [6.07, 6.45) is 0.388. The van der Waals surface area contributed by atoms with Crippen LogP contribution in [0.5, 0.6) is 0 Å². The molecular weight excluding hydrogens is 281 g/mol. The van der Waals surface area contributed by atoms with Crippen LogP contribution in [0, 0.1) is 5.82 Å². The molecule has 0 spiro atoms. The smallest absolute Gasteiger partial charge is 0.244 e. The molecule has 0 bridgehead atoms. The van der Waals surface area contributed by atoms with Crippen LogP contribution in [0.3, 0.4) is 0 Å². The third-order valence-electron chi connectivity index (χ3n) is 3.31. The average Bonchev–Trinajstić information content (AvgIpc) is 2.54. The van der Waals surface area contributed by atoms with Gasteiger partial charge in [0.25, 0.3) is 0 Å². The first-order valence-electron chi connectivity index (χ1n) is 7.02. The zero-order chi connectivity index (χ0) is 15.9. The highest BCUT2D eigenvalue weighted by atomic mass is 19.1. The quantitative estimate of drug-likeness (QED) is 0.834. The van der Waals surface area contributed by atoms with E-state index in [9.17, 15) is 14.3 Å². The molecule has 0 radical (unpaired) electrons. The average molecular weight is 299 g/mol. The van der Waals surface area contributed by atoms with Crippen LogP contribution in [-0.2, 0) is 4.79 Å². The molecule has 2 aromatic rings. The van der Waals surface area contributed by atoms with E-state index < -0.39 is 11.9 Å². The number of carbonyl (C=O) groups is 1. The van der Waals surface area contributed by atoms with Crippen molar-refractivity contribution in [3.8, 4) is 0 Å². The monoisotopic (exact) mass is 299 g/mol. The maximum atomic E-state index is 13.5. The molecule has 2 rings (SSSR count). The van der Waals surface area contributed by atoms with Crippen molar-refractivity contribution in [1.29, 1.82) is 0 Å². The van der Waals surface area contributed by atoms with E-state index in [1.54, 1.807) is 12.1 Å². The van der Waals surface area contributed by atoms with Gasteiger partial charge in [0.15, 0.2) is 0 Å². The highest BCUT2D eigenvalue weighted by molar-refractivity contribution is 5.94. The van der Waals surface area contributed by atoms with Crippen molar-refractivity contribution in [3.05, 3.63) is 77.6 Å². The largest absolute Gasteiger partial charge is 0.386 e. The highest BCUT2D eigenvalue weighted by Crippen LogP contribution is 2.16. The molecule has 0 saturated carbocycles. The molecule has 2 N–H and O–H groups in total. The van der Waals surface area contributed by atoms with Crippen molar-refractivity contribution in [2.45, 2.75) is 13.0 Å². The van der Waals surface area contributed by atoms with Crippen molar-refractivity contribution < 1.29 is 14.3 Å². The van der Waals surface area contributed by atoms with Gasteiger partial charge >= 0.3 is 0 Å². The van der Waals surface area contributed by atoms with E-state index in [-0.39, 0.29) is 18.0 Å². The zero-order valence-corrected chi connectivity index (χ0v) is 12.3. The summed E-state index contributed by atoms with van der Waals surface area (Å²) in [6.45, 7) is 1.79.